The molecule has 1 amide bonds. The maximum Gasteiger partial charge on any atom is 0.344 e. The molecule has 0 heterocycles. The predicted molar refractivity (Wildman–Crippen MR) is 82.7 cm³/mol. The average Bonchev–Trinajstić information content (AvgIpc) is 2.54. The van der Waals surface area contributed by atoms with Crippen molar-refractivity contribution >= 4 is 17.6 Å². The number of nitrogens with one attached hydrogen (secondary N) is 1. The molecule has 114 valence electrons. The molecular formula is C17H17NO4. The van der Waals surface area contributed by atoms with E-state index in [0.717, 1.165) is 5.56 Å². The maximum atomic E-state index is 11.7. The number of hydrogen-bond acceptors (Lipinski definition) is 4. The molecule has 22 heavy (non-hydrogen) atoms. The summed E-state index contributed by atoms with van der Waals surface area (Å²) in [5.41, 5.74) is 1.64. The number of ether oxygens (including phenoxy) is 2. The zero-order chi connectivity index (χ0) is 15.8. The molecule has 0 aliphatic rings. The SMILES string of the molecule is Cc1ccccc1NC(=O)COC(=O)COc1ccccc1. The number of carbonyl (C=O) groups excluding carboxylic acids is 2. The van der Waals surface area contributed by atoms with Crippen LogP contribution in [0.1, 0.15) is 5.56 Å². The molecule has 2 aromatic rings. The summed E-state index contributed by atoms with van der Waals surface area (Å²) in [6, 6.07) is 16.3. The van der Waals surface area contributed by atoms with Crippen LogP contribution in [0.5, 0.6) is 5.75 Å². The van der Waals surface area contributed by atoms with Gasteiger partial charge < -0.3 is 14.8 Å². The van der Waals surface area contributed by atoms with E-state index in [-0.39, 0.29) is 19.1 Å². The number of rotatable bonds is 6. The van der Waals surface area contributed by atoms with Gasteiger partial charge in [-0.3, -0.25) is 4.79 Å². The normalized spacial score (nSPS) is 9.86. The highest BCUT2D eigenvalue weighted by molar-refractivity contribution is 5.93. The molecule has 0 aliphatic carbocycles. The molecule has 0 aliphatic heterocycles. The second kappa shape index (κ2) is 7.83. The molecule has 0 spiro atoms. The van der Waals surface area contributed by atoms with Crippen LogP contribution in [-0.2, 0) is 14.3 Å². The van der Waals surface area contributed by atoms with E-state index in [4.69, 9.17) is 9.47 Å². The van der Waals surface area contributed by atoms with E-state index >= 15 is 0 Å². The highest BCUT2D eigenvalue weighted by atomic mass is 16.6. The van der Waals surface area contributed by atoms with Crippen LogP contribution < -0.4 is 10.1 Å². The van der Waals surface area contributed by atoms with Gasteiger partial charge in [0.15, 0.2) is 13.2 Å². The number of amides is 1. The smallest absolute Gasteiger partial charge is 0.344 e. The summed E-state index contributed by atoms with van der Waals surface area (Å²) in [6.45, 7) is 1.31. The van der Waals surface area contributed by atoms with Crippen molar-refractivity contribution in [1.29, 1.82) is 0 Å². The van der Waals surface area contributed by atoms with Crippen LogP contribution >= 0.6 is 0 Å². The standard InChI is InChI=1S/C17H17NO4/c1-13-7-5-6-10-15(13)18-16(19)11-22-17(20)12-21-14-8-3-2-4-9-14/h2-10H,11-12H2,1H3,(H,18,19). The van der Waals surface area contributed by atoms with E-state index < -0.39 is 5.97 Å². The summed E-state index contributed by atoms with van der Waals surface area (Å²) in [7, 11) is 0. The van der Waals surface area contributed by atoms with Gasteiger partial charge in [-0.05, 0) is 30.7 Å². The number of para-hydroxylation sites is 2. The Hall–Kier alpha value is -2.82. The van der Waals surface area contributed by atoms with Gasteiger partial charge in [0, 0.05) is 5.69 Å². The van der Waals surface area contributed by atoms with E-state index in [1.54, 1.807) is 30.3 Å². The van der Waals surface area contributed by atoms with Crippen LogP contribution in [-0.4, -0.2) is 25.1 Å². The number of benzene rings is 2. The van der Waals surface area contributed by atoms with Crippen LogP contribution in [0.15, 0.2) is 54.6 Å². The molecule has 0 atom stereocenters. The van der Waals surface area contributed by atoms with Crippen LogP contribution in [0.3, 0.4) is 0 Å². The summed E-state index contributed by atoms with van der Waals surface area (Å²) >= 11 is 0. The minimum Gasteiger partial charge on any atom is -0.482 e. The number of hydrogen-bond donors (Lipinski definition) is 1. The van der Waals surface area contributed by atoms with Gasteiger partial charge in [-0.2, -0.15) is 0 Å². The van der Waals surface area contributed by atoms with Crippen molar-refractivity contribution in [2.75, 3.05) is 18.5 Å². The zero-order valence-corrected chi connectivity index (χ0v) is 12.2. The molecule has 5 heteroatoms. The molecule has 0 fully saturated rings. The van der Waals surface area contributed by atoms with Crippen LogP contribution in [0.4, 0.5) is 5.69 Å². The number of carbonyl (C=O) groups is 2. The minimum atomic E-state index is -0.594. The first-order valence-corrected chi connectivity index (χ1v) is 6.84. The Bertz CT molecular complexity index is 640. The quantitative estimate of drug-likeness (QED) is 0.833. The summed E-state index contributed by atoms with van der Waals surface area (Å²) in [6.07, 6.45) is 0. The van der Waals surface area contributed by atoms with E-state index in [9.17, 15) is 9.59 Å². The lowest BCUT2D eigenvalue weighted by Gasteiger charge is -2.09. The first-order valence-electron chi connectivity index (χ1n) is 6.84. The van der Waals surface area contributed by atoms with Gasteiger partial charge >= 0.3 is 5.97 Å². The summed E-state index contributed by atoms with van der Waals surface area (Å²) in [4.78, 5) is 23.2. The second-order valence-electron chi connectivity index (χ2n) is 4.63. The minimum absolute atomic E-state index is 0.234. The lowest BCUT2D eigenvalue weighted by Crippen LogP contribution is -2.23. The third kappa shape index (κ3) is 4.94. The van der Waals surface area contributed by atoms with Crippen molar-refractivity contribution in [2.45, 2.75) is 6.92 Å². The summed E-state index contributed by atoms with van der Waals surface area (Å²) in [5, 5.41) is 2.68. The van der Waals surface area contributed by atoms with Crippen molar-refractivity contribution in [3.63, 3.8) is 0 Å². The highest BCUT2D eigenvalue weighted by Gasteiger charge is 2.09. The van der Waals surface area contributed by atoms with E-state index in [0.29, 0.717) is 11.4 Å². The van der Waals surface area contributed by atoms with Crippen LogP contribution in [0.25, 0.3) is 0 Å². The third-order valence-electron chi connectivity index (χ3n) is 2.88. The molecule has 0 radical (unpaired) electrons. The van der Waals surface area contributed by atoms with E-state index in [1.165, 1.54) is 0 Å². The molecule has 0 unspecified atom stereocenters. The van der Waals surface area contributed by atoms with Gasteiger partial charge in [-0.15, -0.1) is 0 Å². The molecule has 0 saturated heterocycles. The molecule has 1 N–H and O–H groups in total. The van der Waals surface area contributed by atoms with Crippen molar-refractivity contribution in [2.24, 2.45) is 0 Å². The van der Waals surface area contributed by atoms with Crippen molar-refractivity contribution in [3.8, 4) is 5.75 Å². The van der Waals surface area contributed by atoms with Gasteiger partial charge in [0.25, 0.3) is 5.91 Å². The average molecular weight is 299 g/mol. The third-order valence-corrected chi connectivity index (χ3v) is 2.88. The van der Waals surface area contributed by atoms with Gasteiger partial charge in [0.05, 0.1) is 0 Å². The Labute approximate surface area is 128 Å². The number of esters is 1. The molecule has 0 aromatic heterocycles. The fourth-order valence-corrected chi connectivity index (χ4v) is 1.75. The van der Waals surface area contributed by atoms with Gasteiger partial charge in [-0.25, -0.2) is 4.79 Å². The highest BCUT2D eigenvalue weighted by Crippen LogP contribution is 2.12. The van der Waals surface area contributed by atoms with Gasteiger partial charge in [0.2, 0.25) is 0 Å². The van der Waals surface area contributed by atoms with Gasteiger partial charge in [-0.1, -0.05) is 36.4 Å². The fourth-order valence-electron chi connectivity index (χ4n) is 1.75. The summed E-state index contributed by atoms with van der Waals surface area (Å²) in [5.74, 6) is -0.407. The molecule has 2 aromatic carbocycles. The fraction of sp³-hybridized carbons (Fsp3) is 0.176. The predicted octanol–water partition coefficient (Wildman–Crippen LogP) is 2.56. The van der Waals surface area contributed by atoms with E-state index in [2.05, 4.69) is 5.32 Å². The summed E-state index contributed by atoms with van der Waals surface area (Å²) < 4.78 is 10.1. The number of aryl methyl sites for hydroxylation is 1. The molecule has 5 nitrogen and oxygen atoms in total. The lowest BCUT2D eigenvalue weighted by atomic mass is 10.2. The van der Waals surface area contributed by atoms with E-state index in [1.807, 2.05) is 31.2 Å². The topological polar surface area (TPSA) is 64.6 Å². The molecule has 0 bridgehead atoms. The Kier molecular flexibility index (Phi) is 5.54. The Morgan fingerprint density at radius 3 is 2.36 bits per heavy atom. The second-order valence-corrected chi connectivity index (χ2v) is 4.63. The Morgan fingerprint density at radius 1 is 0.955 bits per heavy atom. The van der Waals surface area contributed by atoms with Crippen LogP contribution in [0, 0.1) is 6.92 Å². The van der Waals surface area contributed by atoms with Gasteiger partial charge in [0.1, 0.15) is 5.75 Å². The Balaban J connectivity index is 1.72. The van der Waals surface area contributed by atoms with Crippen molar-refractivity contribution < 1.29 is 19.1 Å². The maximum absolute atomic E-state index is 11.7. The van der Waals surface area contributed by atoms with Crippen LogP contribution in [0.2, 0.25) is 0 Å². The monoisotopic (exact) mass is 299 g/mol. The molecule has 2 rings (SSSR count). The zero-order valence-electron chi connectivity index (χ0n) is 12.2. The first-order chi connectivity index (χ1) is 10.6. The molecular weight excluding hydrogens is 282 g/mol. The van der Waals surface area contributed by atoms with Crippen molar-refractivity contribution in [3.05, 3.63) is 60.2 Å². The first kappa shape index (κ1) is 15.6. The Morgan fingerprint density at radius 2 is 1.64 bits per heavy atom. The largest absolute Gasteiger partial charge is 0.482 e. The lowest BCUT2D eigenvalue weighted by molar-refractivity contribution is -0.149. The number of anilines is 1. The van der Waals surface area contributed by atoms with Crippen molar-refractivity contribution in [1.82, 2.24) is 0 Å². The molecule has 0 saturated carbocycles.